The van der Waals surface area contributed by atoms with Gasteiger partial charge in [0.15, 0.2) is 0 Å². The van der Waals surface area contributed by atoms with Gasteiger partial charge in [0.1, 0.15) is 5.75 Å². The van der Waals surface area contributed by atoms with E-state index >= 15 is 0 Å². The average Bonchev–Trinajstić information content (AvgIpc) is 2.39. The van der Waals surface area contributed by atoms with Gasteiger partial charge in [-0.2, -0.15) is 8.78 Å². The molecule has 0 spiro atoms. The quantitative estimate of drug-likeness (QED) is 0.759. The molecule has 2 N–H and O–H groups in total. The number of carbonyl (C=O) groups excluding carboxylic acids is 1. The van der Waals surface area contributed by atoms with Crippen molar-refractivity contribution < 1.29 is 28.2 Å². The molecule has 0 aromatic heterocycles. The number of halogens is 2. The summed E-state index contributed by atoms with van der Waals surface area (Å²) in [5, 5.41) is 12.0. The average molecular weight is 289 g/mol. The number of hydrogen-bond donors (Lipinski definition) is 2. The molecule has 0 saturated carbocycles. The molecule has 1 atom stereocenters. The van der Waals surface area contributed by atoms with Gasteiger partial charge in [0, 0.05) is 19.2 Å². The van der Waals surface area contributed by atoms with Gasteiger partial charge in [-0.15, -0.1) is 0 Å². The molecule has 1 unspecified atom stereocenters. The monoisotopic (exact) mass is 289 g/mol. The van der Waals surface area contributed by atoms with Crippen molar-refractivity contribution in [2.45, 2.75) is 19.1 Å². The van der Waals surface area contributed by atoms with Crippen LogP contribution in [0.25, 0.3) is 0 Å². The van der Waals surface area contributed by atoms with Crippen molar-refractivity contribution in [1.82, 2.24) is 5.32 Å². The van der Waals surface area contributed by atoms with Crippen LogP contribution in [0.15, 0.2) is 24.3 Å². The van der Waals surface area contributed by atoms with E-state index in [0.717, 1.165) is 0 Å². The van der Waals surface area contributed by atoms with Crippen molar-refractivity contribution in [2.75, 3.05) is 20.3 Å². The summed E-state index contributed by atoms with van der Waals surface area (Å²) in [5.41, 5.74) is 0.327. The van der Waals surface area contributed by atoms with E-state index in [1.54, 1.807) is 0 Å². The fourth-order valence-electron chi connectivity index (χ4n) is 1.52. The highest BCUT2D eigenvalue weighted by Crippen LogP contribution is 2.14. The zero-order valence-corrected chi connectivity index (χ0v) is 11.0. The molecule has 0 saturated heterocycles. The van der Waals surface area contributed by atoms with Gasteiger partial charge in [-0.1, -0.05) is 0 Å². The summed E-state index contributed by atoms with van der Waals surface area (Å²) in [4.78, 5) is 11.7. The van der Waals surface area contributed by atoms with E-state index in [1.807, 2.05) is 0 Å². The van der Waals surface area contributed by atoms with Crippen molar-refractivity contribution in [1.29, 1.82) is 0 Å². The van der Waals surface area contributed by atoms with Gasteiger partial charge in [0.25, 0.3) is 5.91 Å². The maximum atomic E-state index is 11.9. The molecule has 20 heavy (non-hydrogen) atoms. The molecular formula is C13H17F2NO4. The third-order valence-corrected chi connectivity index (χ3v) is 2.46. The predicted molar refractivity (Wildman–Crippen MR) is 67.9 cm³/mol. The first-order valence-corrected chi connectivity index (χ1v) is 6.03. The third-order valence-electron chi connectivity index (χ3n) is 2.46. The molecule has 1 amide bonds. The van der Waals surface area contributed by atoms with Crippen LogP contribution in [-0.2, 0) is 4.74 Å². The van der Waals surface area contributed by atoms with Crippen LogP contribution in [0.2, 0.25) is 0 Å². The van der Waals surface area contributed by atoms with Crippen LogP contribution in [0.5, 0.6) is 5.75 Å². The predicted octanol–water partition coefficient (Wildman–Crippen LogP) is 1.42. The molecule has 0 aliphatic carbocycles. The summed E-state index contributed by atoms with van der Waals surface area (Å²) >= 11 is 0. The van der Waals surface area contributed by atoms with Crippen molar-refractivity contribution in [3.05, 3.63) is 29.8 Å². The Morgan fingerprint density at radius 1 is 1.35 bits per heavy atom. The van der Waals surface area contributed by atoms with Crippen LogP contribution in [-0.4, -0.2) is 44.0 Å². The van der Waals surface area contributed by atoms with Gasteiger partial charge in [-0.25, -0.2) is 0 Å². The number of nitrogens with one attached hydrogen (secondary N) is 1. The Bertz CT molecular complexity index is 411. The van der Waals surface area contributed by atoms with Gasteiger partial charge >= 0.3 is 6.61 Å². The number of ether oxygens (including phenoxy) is 2. The highest BCUT2D eigenvalue weighted by Gasteiger charge is 2.09. The lowest BCUT2D eigenvalue weighted by atomic mass is 10.2. The largest absolute Gasteiger partial charge is 0.435 e. The van der Waals surface area contributed by atoms with E-state index in [4.69, 9.17) is 4.74 Å². The molecule has 0 aliphatic heterocycles. The highest BCUT2D eigenvalue weighted by atomic mass is 19.3. The Morgan fingerprint density at radius 2 is 2.00 bits per heavy atom. The van der Waals surface area contributed by atoms with Gasteiger partial charge in [-0.3, -0.25) is 4.79 Å². The minimum atomic E-state index is -2.89. The summed E-state index contributed by atoms with van der Waals surface area (Å²) in [6.45, 7) is -2.40. The number of amides is 1. The lowest BCUT2D eigenvalue weighted by Gasteiger charge is -2.10. The SMILES string of the molecule is COCC(O)CCNC(=O)c1ccc(OC(F)F)cc1. The van der Waals surface area contributed by atoms with Crippen LogP contribution in [0.1, 0.15) is 16.8 Å². The van der Waals surface area contributed by atoms with E-state index < -0.39 is 12.7 Å². The van der Waals surface area contributed by atoms with Gasteiger partial charge < -0.3 is 19.9 Å². The summed E-state index contributed by atoms with van der Waals surface area (Å²) in [5.74, 6) is -0.356. The van der Waals surface area contributed by atoms with E-state index in [1.165, 1.54) is 31.4 Å². The number of methoxy groups -OCH3 is 1. The molecule has 0 radical (unpaired) electrons. The Kier molecular flexibility index (Phi) is 6.89. The van der Waals surface area contributed by atoms with Crippen LogP contribution < -0.4 is 10.1 Å². The second-order valence-electron chi connectivity index (χ2n) is 4.06. The summed E-state index contributed by atoms with van der Waals surface area (Å²) in [6, 6.07) is 5.36. The normalized spacial score (nSPS) is 12.2. The van der Waals surface area contributed by atoms with Crippen molar-refractivity contribution in [3.63, 3.8) is 0 Å². The number of rotatable bonds is 8. The molecule has 0 heterocycles. The topological polar surface area (TPSA) is 67.8 Å². The first-order valence-electron chi connectivity index (χ1n) is 6.03. The molecule has 112 valence electrons. The van der Waals surface area contributed by atoms with Gasteiger partial charge in [0.05, 0.1) is 12.7 Å². The third kappa shape index (κ3) is 5.94. The maximum absolute atomic E-state index is 11.9. The Hall–Kier alpha value is -1.73. The number of hydrogen-bond acceptors (Lipinski definition) is 4. The number of aliphatic hydroxyl groups is 1. The van der Waals surface area contributed by atoms with E-state index in [-0.39, 0.29) is 18.3 Å². The van der Waals surface area contributed by atoms with Crippen LogP contribution in [0.3, 0.4) is 0 Å². The minimum Gasteiger partial charge on any atom is -0.435 e. The zero-order valence-electron chi connectivity index (χ0n) is 11.0. The molecule has 7 heteroatoms. The van der Waals surface area contributed by atoms with E-state index in [0.29, 0.717) is 18.5 Å². The molecule has 1 rings (SSSR count). The first kappa shape index (κ1) is 16.3. The fourth-order valence-corrected chi connectivity index (χ4v) is 1.52. The second-order valence-corrected chi connectivity index (χ2v) is 4.06. The smallest absolute Gasteiger partial charge is 0.387 e. The first-order chi connectivity index (χ1) is 9.52. The standard InChI is InChI=1S/C13H17F2NO4/c1-19-8-10(17)6-7-16-12(18)9-2-4-11(5-3-9)20-13(14)15/h2-5,10,13,17H,6-8H2,1H3,(H,16,18). The van der Waals surface area contributed by atoms with Crippen molar-refractivity contribution >= 4 is 5.91 Å². The zero-order chi connectivity index (χ0) is 15.0. The van der Waals surface area contributed by atoms with Crippen LogP contribution >= 0.6 is 0 Å². The number of aliphatic hydroxyl groups excluding tert-OH is 1. The van der Waals surface area contributed by atoms with Crippen molar-refractivity contribution in [2.24, 2.45) is 0 Å². The van der Waals surface area contributed by atoms with E-state index in [9.17, 15) is 18.7 Å². The summed E-state index contributed by atoms with van der Waals surface area (Å²) < 4.78 is 32.8. The highest BCUT2D eigenvalue weighted by molar-refractivity contribution is 5.94. The number of carbonyl (C=O) groups is 1. The molecule has 5 nitrogen and oxygen atoms in total. The Balaban J connectivity index is 2.39. The number of benzene rings is 1. The lowest BCUT2D eigenvalue weighted by molar-refractivity contribution is -0.0498. The number of alkyl halides is 2. The lowest BCUT2D eigenvalue weighted by Crippen LogP contribution is -2.28. The van der Waals surface area contributed by atoms with Crippen LogP contribution in [0, 0.1) is 0 Å². The molecule has 0 bridgehead atoms. The Morgan fingerprint density at radius 3 is 2.55 bits per heavy atom. The minimum absolute atomic E-state index is 0.00735. The van der Waals surface area contributed by atoms with Gasteiger partial charge in [-0.05, 0) is 30.7 Å². The molecule has 1 aromatic carbocycles. The summed E-state index contributed by atoms with van der Waals surface area (Å²) in [6.07, 6.45) is -0.270. The van der Waals surface area contributed by atoms with Crippen molar-refractivity contribution in [3.8, 4) is 5.75 Å². The van der Waals surface area contributed by atoms with E-state index in [2.05, 4.69) is 10.1 Å². The van der Waals surface area contributed by atoms with Crippen LogP contribution in [0.4, 0.5) is 8.78 Å². The molecule has 0 fully saturated rings. The van der Waals surface area contributed by atoms with Gasteiger partial charge in [0.2, 0.25) is 0 Å². The Labute approximate surface area is 115 Å². The fraction of sp³-hybridized carbons (Fsp3) is 0.462. The maximum Gasteiger partial charge on any atom is 0.387 e. The molecule has 0 aliphatic rings. The molecule has 1 aromatic rings. The summed E-state index contributed by atoms with van der Waals surface area (Å²) in [7, 11) is 1.48. The second kappa shape index (κ2) is 8.44. The molecular weight excluding hydrogens is 272 g/mol.